The lowest BCUT2D eigenvalue weighted by atomic mass is 10.2. The van der Waals surface area contributed by atoms with Crippen molar-refractivity contribution < 1.29 is 9.84 Å². The highest BCUT2D eigenvalue weighted by molar-refractivity contribution is 5.42. The molecule has 0 radical (unpaired) electrons. The van der Waals surface area contributed by atoms with Crippen molar-refractivity contribution in [2.24, 2.45) is 5.92 Å². The van der Waals surface area contributed by atoms with Gasteiger partial charge in [0, 0.05) is 13.1 Å². The van der Waals surface area contributed by atoms with Gasteiger partial charge in [0.15, 0.2) is 0 Å². The molecule has 4 nitrogen and oxygen atoms in total. The first-order valence-corrected chi connectivity index (χ1v) is 6.69. The van der Waals surface area contributed by atoms with Gasteiger partial charge in [-0.05, 0) is 37.9 Å². The molecule has 0 bridgehead atoms. The molecule has 1 N–H and O–H groups in total. The molecule has 2 rings (SSSR count). The Kier molecular flexibility index (Phi) is 4.78. The van der Waals surface area contributed by atoms with Crippen LogP contribution in [0.4, 0.5) is 0 Å². The molecular formula is C15H20N2O2. The van der Waals surface area contributed by atoms with E-state index >= 15 is 0 Å². The Bertz CT molecular complexity index is 452. The van der Waals surface area contributed by atoms with Crippen LogP contribution in [0.15, 0.2) is 24.3 Å². The molecule has 1 saturated carbocycles. The Labute approximate surface area is 114 Å². The van der Waals surface area contributed by atoms with E-state index in [4.69, 9.17) is 10.00 Å². The number of hydrogen-bond acceptors (Lipinski definition) is 4. The highest BCUT2D eigenvalue weighted by Gasteiger charge is 2.30. The van der Waals surface area contributed by atoms with Gasteiger partial charge in [-0.1, -0.05) is 12.1 Å². The molecule has 0 heterocycles. The maximum atomic E-state index is 9.83. The molecule has 1 aromatic carbocycles. The molecule has 0 aliphatic heterocycles. The molecule has 1 aromatic rings. The zero-order valence-corrected chi connectivity index (χ0v) is 11.2. The van der Waals surface area contributed by atoms with Gasteiger partial charge >= 0.3 is 0 Å². The first kappa shape index (κ1) is 13.9. The third kappa shape index (κ3) is 4.23. The Hall–Kier alpha value is -1.57. The van der Waals surface area contributed by atoms with Crippen LogP contribution in [0.2, 0.25) is 0 Å². The highest BCUT2D eigenvalue weighted by atomic mass is 16.5. The molecule has 0 aromatic heterocycles. The lowest BCUT2D eigenvalue weighted by Gasteiger charge is -2.20. The topological polar surface area (TPSA) is 56.5 Å². The molecule has 1 aliphatic rings. The first-order chi connectivity index (χ1) is 9.20. The summed E-state index contributed by atoms with van der Waals surface area (Å²) in [6, 6.07) is 9.34. The number of rotatable bonds is 7. The van der Waals surface area contributed by atoms with Gasteiger partial charge in [0.05, 0.1) is 11.7 Å². The van der Waals surface area contributed by atoms with E-state index in [0.29, 0.717) is 30.4 Å². The van der Waals surface area contributed by atoms with Gasteiger partial charge in [-0.15, -0.1) is 0 Å². The molecular weight excluding hydrogens is 240 g/mol. The summed E-state index contributed by atoms with van der Waals surface area (Å²) in [6.07, 6.45) is 2.10. The lowest BCUT2D eigenvalue weighted by Crippen LogP contribution is -2.33. The molecule has 0 spiro atoms. The molecule has 0 saturated heterocycles. The van der Waals surface area contributed by atoms with Crippen molar-refractivity contribution in [2.45, 2.75) is 18.9 Å². The fourth-order valence-electron chi connectivity index (χ4n) is 2.04. The Morgan fingerprint density at radius 3 is 2.89 bits per heavy atom. The van der Waals surface area contributed by atoms with Gasteiger partial charge in [-0.2, -0.15) is 5.26 Å². The van der Waals surface area contributed by atoms with E-state index in [0.717, 1.165) is 19.4 Å². The number of nitriles is 1. The van der Waals surface area contributed by atoms with Crippen LogP contribution in [-0.2, 0) is 0 Å². The van der Waals surface area contributed by atoms with Crippen molar-refractivity contribution in [1.82, 2.24) is 4.90 Å². The summed E-state index contributed by atoms with van der Waals surface area (Å²) in [5.41, 5.74) is 0.558. The predicted molar refractivity (Wildman–Crippen MR) is 72.9 cm³/mol. The highest BCUT2D eigenvalue weighted by Crippen LogP contribution is 2.32. The minimum Gasteiger partial charge on any atom is -0.491 e. The molecule has 1 unspecified atom stereocenters. The quantitative estimate of drug-likeness (QED) is 0.809. The standard InChI is InChI=1S/C15H20N2O2/c1-17(11-14(18)12-6-7-12)8-9-19-15-5-3-2-4-13(15)10-16/h2-5,12,14,18H,6-9,11H2,1H3. The van der Waals surface area contributed by atoms with Crippen LogP contribution in [0, 0.1) is 17.2 Å². The molecule has 0 amide bonds. The van der Waals surface area contributed by atoms with Gasteiger partial charge in [0.25, 0.3) is 0 Å². The molecule has 19 heavy (non-hydrogen) atoms. The van der Waals surface area contributed by atoms with Gasteiger partial charge in [-0.3, -0.25) is 0 Å². The second-order valence-electron chi connectivity index (χ2n) is 5.12. The van der Waals surface area contributed by atoms with E-state index in [1.165, 1.54) is 0 Å². The van der Waals surface area contributed by atoms with Crippen LogP contribution in [-0.4, -0.2) is 42.9 Å². The van der Waals surface area contributed by atoms with Crippen molar-refractivity contribution >= 4 is 0 Å². The summed E-state index contributed by atoms with van der Waals surface area (Å²) < 4.78 is 5.61. The number of aliphatic hydroxyl groups excluding tert-OH is 1. The molecule has 1 atom stereocenters. The summed E-state index contributed by atoms with van der Waals surface area (Å²) in [6.45, 7) is 1.95. The Morgan fingerprint density at radius 2 is 2.21 bits per heavy atom. The zero-order valence-electron chi connectivity index (χ0n) is 11.2. The number of aliphatic hydroxyl groups is 1. The van der Waals surface area contributed by atoms with Gasteiger partial charge < -0.3 is 14.7 Å². The van der Waals surface area contributed by atoms with Crippen LogP contribution in [0.25, 0.3) is 0 Å². The van der Waals surface area contributed by atoms with Crippen LogP contribution >= 0.6 is 0 Å². The lowest BCUT2D eigenvalue weighted by molar-refractivity contribution is 0.0998. The first-order valence-electron chi connectivity index (χ1n) is 6.69. The predicted octanol–water partition coefficient (Wildman–Crippen LogP) is 1.64. The monoisotopic (exact) mass is 260 g/mol. The van der Waals surface area contributed by atoms with Crippen molar-refractivity contribution in [2.75, 3.05) is 26.7 Å². The van der Waals surface area contributed by atoms with Crippen molar-refractivity contribution in [3.63, 3.8) is 0 Å². The Balaban J connectivity index is 1.72. The molecule has 102 valence electrons. The third-order valence-corrected chi connectivity index (χ3v) is 3.40. The number of ether oxygens (including phenoxy) is 1. The van der Waals surface area contributed by atoms with E-state index < -0.39 is 0 Å². The number of likely N-dealkylation sites (N-methyl/N-ethyl adjacent to an activating group) is 1. The summed E-state index contributed by atoms with van der Waals surface area (Å²) in [4.78, 5) is 2.07. The van der Waals surface area contributed by atoms with Gasteiger partial charge in [-0.25, -0.2) is 0 Å². The molecule has 1 aliphatic carbocycles. The van der Waals surface area contributed by atoms with E-state index in [-0.39, 0.29) is 6.10 Å². The summed E-state index contributed by atoms with van der Waals surface area (Å²) in [7, 11) is 1.98. The fourth-order valence-corrected chi connectivity index (χ4v) is 2.04. The van der Waals surface area contributed by atoms with E-state index in [2.05, 4.69) is 11.0 Å². The van der Waals surface area contributed by atoms with Crippen LogP contribution in [0.5, 0.6) is 5.75 Å². The number of hydrogen-bond donors (Lipinski definition) is 1. The van der Waals surface area contributed by atoms with Gasteiger partial charge in [0.1, 0.15) is 18.4 Å². The van der Waals surface area contributed by atoms with Crippen molar-refractivity contribution in [3.8, 4) is 11.8 Å². The maximum absolute atomic E-state index is 9.83. The summed E-state index contributed by atoms with van der Waals surface area (Å²) in [5.74, 6) is 1.13. The Morgan fingerprint density at radius 1 is 1.47 bits per heavy atom. The smallest absolute Gasteiger partial charge is 0.137 e. The second-order valence-corrected chi connectivity index (χ2v) is 5.12. The van der Waals surface area contributed by atoms with Crippen LogP contribution in [0.3, 0.4) is 0 Å². The van der Waals surface area contributed by atoms with E-state index in [1.54, 1.807) is 12.1 Å². The zero-order chi connectivity index (χ0) is 13.7. The van der Waals surface area contributed by atoms with Crippen molar-refractivity contribution in [3.05, 3.63) is 29.8 Å². The normalized spacial score (nSPS) is 16.1. The maximum Gasteiger partial charge on any atom is 0.137 e. The SMILES string of the molecule is CN(CCOc1ccccc1C#N)CC(O)C1CC1. The average Bonchev–Trinajstić information content (AvgIpc) is 3.23. The van der Waals surface area contributed by atoms with E-state index in [1.807, 2.05) is 19.2 Å². The molecule has 4 heteroatoms. The second kappa shape index (κ2) is 6.55. The number of para-hydroxylation sites is 1. The van der Waals surface area contributed by atoms with Crippen LogP contribution < -0.4 is 4.74 Å². The van der Waals surface area contributed by atoms with E-state index in [9.17, 15) is 5.11 Å². The minimum atomic E-state index is -0.212. The fraction of sp³-hybridized carbons (Fsp3) is 0.533. The average molecular weight is 260 g/mol. The largest absolute Gasteiger partial charge is 0.491 e. The van der Waals surface area contributed by atoms with Crippen LogP contribution in [0.1, 0.15) is 18.4 Å². The molecule has 1 fully saturated rings. The third-order valence-electron chi connectivity index (χ3n) is 3.40. The summed E-state index contributed by atoms with van der Waals surface area (Å²) >= 11 is 0. The van der Waals surface area contributed by atoms with Crippen molar-refractivity contribution in [1.29, 1.82) is 5.26 Å². The van der Waals surface area contributed by atoms with Gasteiger partial charge in [0.2, 0.25) is 0 Å². The summed E-state index contributed by atoms with van der Waals surface area (Å²) in [5, 5.41) is 18.8. The minimum absolute atomic E-state index is 0.212. The number of benzene rings is 1. The number of nitrogens with zero attached hydrogens (tertiary/aromatic N) is 2.